The molecule has 2 rings (SSSR count). The summed E-state index contributed by atoms with van der Waals surface area (Å²) in [6.07, 6.45) is -0.286. The highest BCUT2D eigenvalue weighted by molar-refractivity contribution is 5.72. The van der Waals surface area contributed by atoms with E-state index < -0.39 is 6.09 Å². The maximum Gasteiger partial charge on any atom is 0.433 e. The second kappa shape index (κ2) is 6.38. The van der Waals surface area contributed by atoms with Crippen molar-refractivity contribution in [3.05, 3.63) is 35.9 Å². The minimum atomic E-state index is -0.614. The van der Waals surface area contributed by atoms with Crippen LogP contribution in [0.25, 0.3) is 0 Å². The smallest absolute Gasteiger partial charge is 0.433 e. The largest absolute Gasteiger partial charge is 0.469 e. The van der Waals surface area contributed by atoms with Crippen molar-refractivity contribution in [1.29, 1.82) is 0 Å². The zero-order valence-electron chi connectivity index (χ0n) is 11.4. The van der Waals surface area contributed by atoms with Crippen molar-refractivity contribution >= 4 is 12.1 Å². The van der Waals surface area contributed by atoms with Gasteiger partial charge in [-0.3, -0.25) is 9.63 Å². The average Bonchev–Trinajstić information content (AvgIpc) is 2.91. The summed E-state index contributed by atoms with van der Waals surface area (Å²) < 4.78 is 9.32. The third-order valence-electron chi connectivity index (χ3n) is 3.21. The topological polar surface area (TPSA) is 65.1 Å². The van der Waals surface area contributed by atoms with Gasteiger partial charge in [-0.05, 0) is 5.56 Å². The van der Waals surface area contributed by atoms with Crippen LogP contribution in [0, 0.1) is 0 Å². The highest BCUT2D eigenvalue weighted by Gasteiger charge is 2.39. The maximum absolute atomic E-state index is 11.7. The lowest BCUT2D eigenvalue weighted by molar-refractivity contribution is -0.153. The standard InChI is InChI=1S/C14H17NO5/c1-18-13(16)9-11-8-12(10-6-4-3-5-7-10)20-15(11)14(17)19-2/h3-7,11-12H,8-9H2,1-2H3/t11-,12+/m1/s1. The Morgan fingerprint density at radius 3 is 2.55 bits per heavy atom. The molecule has 0 aromatic heterocycles. The number of esters is 1. The average molecular weight is 279 g/mol. The van der Waals surface area contributed by atoms with E-state index in [9.17, 15) is 9.59 Å². The number of hydrogen-bond donors (Lipinski definition) is 0. The summed E-state index contributed by atoms with van der Waals surface area (Å²) in [5, 5.41) is 1.12. The van der Waals surface area contributed by atoms with Crippen molar-refractivity contribution in [2.45, 2.75) is 25.0 Å². The predicted octanol–water partition coefficient (Wildman–Crippen LogP) is 2.06. The number of benzene rings is 1. The molecular weight excluding hydrogens is 262 g/mol. The Hall–Kier alpha value is -2.08. The van der Waals surface area contributed by atoms with Gasteiger partial charge in [0, 0.05) is 6.42 Å². The van der Waals surface area contributed by atoms with Gasteiger partial charge in [-0.25, -0.2) is 4.79 Å². The van der Waals surface area contributed by atoms with Gasteiger partial charge in [0.15, 0.2) is 0 Å². The van der Waals surface area contributed by atoms with Gasteiger partial charge in [0.25, 0.3) is 0 Å². The van der Waals surface area contributed by atoms with Gasteiger partial charge in [0.05, 0.1) is 26.7 Å². The molecule has 1 aliphatic heterocycles. The molecule has 1 aromatic rings. The van der Waals surface area contributed by atoms with E-state index in [0.29, 0.717) is 6.42 Å². The molecule has 1 aromatic carbocycles. The summed E-state index contributed by atoms with van der Waals surface area (Å²) in [7, 11) is 2.59. The van der Waals surface area contributed by atoms with E-state index in [1.54, 1.807) is 0 Å². The molecule has 0 aliphatic carbocycles. The third-order valence-corrected chi connectivity index (χ3v) is 3.21. The molecule has 0 N–H and O–H groups in total. The molecule has 2 atom stereocenters. The number of carbonyl (C=O) groups is 2. The zero-order chi connectivity index (χ0) is 14.5. The summed E-state index contributed by atoms with van der Waals surface area (Å²) in [4.78, 5) is 28.7. The molecule has 1 saturated heterocycles. The number of hydroxylamine groups is 2. The number of nitrogens with zero attached hydrogens (tertiary/aromatic N) is 1. The minimum Gasteiger partial charge on any atom is -0.469 e. The van der Waals surface area contributed by atoms with Crippen LogP contribution >= 0.6 is 0 Å². The van der Waals surface area contributed by atoms with Crippen molar-refractivity contribution in [3.8, 4) is 0 Å². The maximum atomic E-state index is 11.7. The number of amides is 1. The summed E-state index contributed by atoms with van der Waals surface area (Å²) >= 11 is 0. The first-order chi connectivity index (χ1) is 9.65. The van der Waals surface area contributed by atoms with Crippen LogP contribution in [0.4, 0.5) is 4.79 Å². The quantitative estimate of drug-likeness (QED) is 0.792. The molecule has 1 heterocycles. The van der Waals surface area contributed by atoms with Crippen LogP contribution in [0.1, 0.15) is 24.5 Å². The number of carbonyl (C=O) groups excluding carboxylic acids is 2. The molecule has 0 unspecified atom stereocenters. The first kappa shape index (κ1) is 14.3. The Balaban J connectivity index is 2.13. The fourth-order valence-corrected chi connectivity index (χ4v) is 2.20. The summed E-state index contributed by atoms with van der Waals surface area (Å²) in [5.74, 6) is -0.388. The summed E-state index contributed by atoms with van der Waals surface area (Å²) in [5.41, 5.74) is 0.953. The second-order valence-electron chi connectivity index (χ2n) is 4.47. The Kier molecular flexibility index (Phi) is 4.57. The van der Waals surface area contributed by atoms with E-state index in [1.165, 1.54) is 14.2 Å². The van der Waals surface area contributed by atoms with Crippen LogP contribution in [-0.4, -0.2) is 37.4 Å². The van der Waals surface area contributed by atoms with Gasteiger partial charge in [-0.2, -0.15) is 5.06 Å². The van der Waals surface area contributed by atoms with E-state index in [0.717, 1.165) is 10.6 Å². The molecule has 0 bridgehead atoms. The predicted molar refractivity (Wildman–Crippen MR) is 69.6 cm³/mol. The van der Waals surface area contributed by atoms with Crippen LogP contribution < -0.4 is 0 Å². The monoisotopic (exact) mass is 279 g/mol. The molecule has 1 aliphatic rings. The van der Waals surface area contributed by atoms with Crippen LogP contribution in [0.5, 0.6) is 0 Å². The van der Waals surface area contributed by atoms with Gasteiger partial charge < -0.3 is 9.47 Å². The number of hydrogen-bond acceptors (Lipinski definition) is 5. The molecule has 6 nitrogen and oxygen atoms in total. The third kappa shape index (κ3) is 3.08. The lowest BCUT2D eigenvalue weighted by Crippen LogP contribution is -2.35. The molecule has 6 heteroatoms. The van der Waals surface area contributed by atoms with E-state index >= 15 is 0 Å². The van der Waals surface area contributed by atoms with Gasteiger partial charge in [0.1, 0.15) is 6.10 Å². The highest BCUT2D eigenvalue weighted by atomic mass is 16.7. The van der Waals surface area contributed by atoms with Crippen LogP contribution in [0.3, 0.4) is 0 Å². The van der Waals surface area contributed by atoms with Crippen LogP contribution in [-0.2, 0) is 19.1 Å². The normalized spacial score (nSPS) is 21.6. The first-order valence-electron chi connectivity index (χ1n) is 6.31. The Labute approximate surface area is 117 Å². The van der Waals surface area contributed by atoms with Crippen molar-refractivity contribution in [2.75, 3.05) is 14.2 Å². The van der Waals surface area contributed by atoms with Crippen molar-refractivity contribution < 1.29 is 23.9 Å². The number of rotatable bonds is 3. The number of methoxy groups -OCH3 is 2. The number of ether oxygens (including phenoxy) is 2. The van der Waals surface area contributed by atoms with E-state index in [2.05, 4.69) is 9.47 Å². The van der Waals surface area contributed by atoms with Crippen LogP contribution in [0.2, 0.25) is 0 Å². The zero-order valence-corrected chi connectivity index (χ0v) is 11.4. The van der Waals surface area contributed by atoms with E-state index in [-0.39, 0.29) is 24.5 Å². The second-order valence-corrected chi connectivity index (χ2v) is 4.47. The fourth-order valence-electron chi connectivity index (χ4n) is 2.20. The SMILES string of the molecule is COC(=O)C[C@H]1C[C@@H](c2ccccc2)ON1C(=O)OC. The van der Waals surface area contributed by atoms with Gasteiger partial charge >= 0.3 is 12.1 Å². The first-order valence-corrected chi connectivity index (χ1v) is 6.31. The molecule has 1 fully saturated rings. The van der Waals surface area contributed by atoms with Crippen molar-refractivity contribution in [1.82, 2.24) is 5.06 Å². The summed E-state index contributed by atoms with van der Waals surface area (Å²) in [6, 6.07) is 9.15. The van der Waals surface area contributed by atoms with Gasteiger partial charge in [-0.1, -0.05) is 30.3 Å². The summed E-state index contributed by atoms with van der Waals surface area (Å²) in [6.45, 7) is 0. The minimum absolute atomic E-state index is 0.0783. The lowest BCUT2D eigenvalue weighted by Gasteiger charge is -2.20. The molecule has 0 saturated carbocycles. The van der Waals surface area contributed by atoms with Crippen LogP contribution in [0.15, 0.2) is 30.3 Å². The van der Waals surface area contributed by atoms with Crippen molar-refractivity contribution in [3.63, 3.8) is 0 Å². The van der Waals surface area contributed by atoms with E-state index in [4.69, 9.17) is 4.84 Å². The molecule has 0 radical (unpaired) electrons. The Morgan fingerprint density at radius 2 is 1.95 bits per heavy atom. The van der Waals surface area contributed by atoms with Gasteiger partial charge in [0.2, 0.25) is 0 Å². The fraction of sp³-hybridized carbons (Fsp3) is 0.429. The Morgan fingerprint density at radius 1 is 1.25 bits per heavy atom. The molecular formula is C14H17NO5. The van der Waals surface area contributed by atoms with Crippen molar-refractivity contribution in [2.24, 2.45) is 0 Å². The molecule has 20 heavy (non-hydrogen) atoms. The molecule has 108 valence electrons. The Bertz CT molecular complexity index is 476. The van der Waals surface area contributed by atoms with Gasteiger partial charge in [-0.15, -0.1) is 0 Å². The van der Waals surface area contributed by atoms with E-state index in [1.807, 2.05) is 30.3 Å². The lowest BCUT2D eigenvalue weighted by atomic mass is 10.0. The molecule has 1 amide bonds. The molecule has 0 spiro atoms. The highest BCUT2D eigenvalue weighted by Crippen LogP contribution is 2.35.